The van der Waals surface area contributed by atoms with Gasteiger partial charge >= 0.3 is 5.97 Å². The van der Waals surface area contributed by atoms with Crippen LogP contribution in [0.25, 0.3) is 11.1 Å². The number of halogens is 2. The topological polar surface area (TPSA) is 177 Å². The van der Waals surface area contributed by atoms with Crippen LogP contribution in [-0.2, 0) is 50.8 Å². The van der Waals surface area contributed by atoms with Gasteiger partial charge in [-0.2, -0.15) is 0 Å². The van der Waals surface area contributed by atoms with Gasteiger partial charge in [-0.25, -0.2) is 0 Å². The second-order valence-corrected chi connectivity index (χ2v) is 18.0. The van der Waals surface area contributed by atoms with Crippen molar-refractivity contribution in [3.8, 4) is 34.1 Å². The molecule has 0 saturated carbocycles. The predicted molar refractivity (Wildman–Crippen MR) is 275 cm³/mol. The molecule has 2 aromatic heterocycles. The number of aliphatic hydroxyl groups excluding tert-OH is 2. The van der Waals surface area contributed by atoms with Crippen molar-refractivity contribution in [2.75, 3.05) is 13.7 Å². The summed E-state index contributed by atoms with van der Waals surface area (Å²) < 4.78 is 25.3. The number of nitrogens with one attached hydrogen (secondary N) is 1. The van der Waals surface area contributed by atoms with Crippen LogP contribution in [0.4, 0.5) is 0 Å². The average Bonchev–Trinajstić information content (AvgIpc) is 4.24. The Morgan fingerprint density at radius 2 is 1.24 bits per heavy atom. The van der Waals surface area contributed by atoms with Gasteiger partial charge in [-0.15, -0.1) is 0 Å². The van der Waals surface area contributed by atoms with Crippen LogP contribution in [0, 0.1) is 13.8 Å². The molecule has 3 heterocycles. The number of aromatic nitrogens is 2. The zero-order valence-corrected chi connectivity index (χ0v) is 41.0. The molecular formula is C56H53Cl2N5O8. The molecule has 8 rings (SSSR count). The Balaban J connectivity index is 0.992. The van der Waals surface area contributed by atoms with Gasteiger partial charge in [0.15, 0.2) is 0 Å². The third-order valence-electron chi connectivity index (χ3n) is 12.3. The van der Waals surface area contributed by atoms with Crippen molar-refractivity contribution in [3.63, 3.8) is 0 Å². The molecular weight excluding hydrogens is 942 g/mol. The van der Waals surface area contributed by atoms with E-state index in [-0.39, 0.29) is 52.0 Å². The van der Waals surface area contributed by atoms with Crippen molar-refractivity contribution in [3.05, 3.63) is 199 Å². The first-order valence-corrected chi connectivity index (χ1v) is 23.6. The average molecular weight is 995 g/mol. The molecule has 0 fully saturated rings. The number of hydrogen-bond donors (Lipinski definition) is 4. The molecule has 7 aromatic rings. The summed E-state index contributed by atoms with van der Waals surface area (Å²) >= 11 is 13.6. The van der Waals surface area contributed by atoms with E-state index in [4.69, 9.17) is 42.1 Å². The Kier molecular flexibility index (Phi) is 16.4. The minimum absolute atomic E-state index is 0.00969. The molecule has 364 valence electrons. The van der Waals surface area contributed by atoms with Crippen molar-refractivity contribution < 1.29 is 39.1 Å². The largest absolute Gasteiger partial charge is 0.488 e. The Labute approximate surface area is 422 Å². The summed E-state index contributed by atoms with van der Waals surface area (Å²) in [5.41, 5.74) is 9.57. The first-order valence-electron chi connectivity index (χ1n) is 22.9. The Morgan fingerprint density at radius 3 is 1.80 bits per heavy atom. The number of ether oxygens (including phenoxy) is 4. The summed E-state index contributed by atoms with van der Waals surface area (Å²) in [4.78, 5) is 29.7. The molecule has 13 nitrogen and oxygen atoms in total. The van der Waals surface area contributed by atoms with Gasteiger partial charge in [0.25, 0.3) is 0 Å². The number of carbonyl (C=O) groups is 1. The minimum Gasteiger partial charge on any atom is -0.488 e. The highest BCUT2D eigenvalue weighted by Gasteiger charge is 2.38. The van der Waals surface area contributed by atoms with Gasteiger partial charge < -0.3 is 34.3 Å². The van der Waals surface area contributed by atoms with E-state index in [0.717, 1.165) is 61.2 Å². The first-order chi connectivity index (χ1) is 34.5. The molecule has 1 aliphatic rings. The second-order valence-electron chi connectivity index (χ2n) is 17.2. The van der Waals surface area contributed by atoms with Gasteiger partial charge in [-0.05, 0) is 77.1 Å². The van der Waals surface area contributed by atoms with Crippen LogP contribution < -0.4 is 24.3 Å². The molecule has 2 unspecified atom stereocenters. The fraction of sp³-hybridized carbons (Fsp3) is 0.232. The maximum absolute atomic E-state index is 12.7. The highest BCUT2D eigenvalue weighted by atomic mass is 35.5. The molecule has 0 aliphatic carbocycles. The molecule has 5 aromatic carbocycles. The third-order valence-corrected chi connectivity index (χ3v) is 12.9. The van der Waals surface area contributed by atoms with Gasteiger partial charge in [0.2, 0.25) is 0 Å². The molecule has 4 N–H and O–H groups in total. The van der Waals surface area contributed by atoms with E-state index >= 15 is 0 Å². The molecule has 1 aliphatic heterocycles. The fourth-order valence-corrected chi connectivity index (χ4v) is 8.65. The van der Waals surface area contributed by atoms with Crippen molar-refractivity contribution in [1.29, 1.82) is 0 Å². The van der Waals surface area contributed by atoms with Gasteiger partial charge in [0.05, 0.1) is 23.3 Å². The lowest BCUT2D eigenvalue weighted by Gasteiger charge is -2.29. The molecule has 0 spiro atoms. The summed E-state index contributed by atoms with van der Waals surface area (Å²) in [7, 11) is 1.70. The van der Waals surface area contributed by atoms with Crippen LogP contribution >= 0.6 is 23.2 Å². The van der Waals surface area contributed by atoms with Crippen LogP contribution in [0.5, 0.6) is 23.0 Å². The number of aliphatic hydroxyl groups is 2. The van der Waals surface area contributed by atoms with E-state index in [1.807, 2.05) is 72.9 Å². The lowest BCUT2D eigenvalue weighted by atomic mass is 9.91. The quantitative estimate of drug-likeness (QED) is 0.0449. The van der Waals surface area contributed by atoms with E-state index in [0.29, 0.717) is 44.2 Å². The number of hydrogen-bond acceptors (Lipinski definition) is 12. The van der Waals surface area contributed by atoms with E-state index in [9.17, 15) is 20.1 Å². The summed E-state index contributed by atoms with van der Waals surface area (Å²) in [6.07, 6.45) is 10.5. The number of benzene rings is 5. The van der Waals surface area contributed by atoms with Crippen LogP contribution in [0.15, 0.2) is 138 Å². The van der Waals surface area contributed by atoms with Crippen molar-refractivity contribution in [1.82, 2.24) is 15.3 Å². The number of rotatable bonds is 23. The van der Waals surface area contributed by atoms with E-state index in [2.05, 4.69) is 51.2 Å². The first kappa shape index (κ1) is 50.3. The number of carboxylic acids is 1. The predicted octanol–water partition coefficient (Wildman–Crippen LogP) is 10.2. The van der Waals surface area contributed by atoms with Gasteiger partial charge in [0.1, 0.15) is 61.0 Å². The monoisotopic (exact) mass is 993 g/mol. The number of aliphatic carboxylic acids is 1. The van der Waals surface area contributed by atoms with E-state index in [1.54, 1.807) is 62.3 Å². The van der Waals surface area contributed by atoms with Crippen molar-refractivity contribution in [2.24, 2.45) is 9.98 Å². The zero-order valence-electron chi connectivity index (χ0n) is 39.4. The van der Waals surface area contributed by atoms with Crippen molar-refractivity contribution in [2.45, 2.75) is 71.4 Å². The maximum atomic E-state index is 12.7. The van der Waals surface area contributed by atoms with Gasteiger partial charge in [-0.3, -0.25) is 30.1 Å². The summed E-state index contributed by atoms with van der Waals surface area (Å²) in [5.74, 6) is 0.449. The van der Waals surface area contributed by atoms with Crippen LogP contribution in [0.2, 0.25) is 10.0 Å². The summed E-state index contributed by atoms with van der Waals surface area (Å²) in [6, 6.07) is 32.0. The van der Waals surface area contributed by atoms with Crippen LogP contribution in [0.1, 0.15) is 67.2 Å². The van der Waals surface area contributed by atoms with E-state index in [1.165, 1.54) is 0 Å². The molecule has 0 bridgehead atoms. The van der Waals surface area contributed by atoms with Crippen molar-refractivity contribution >= 4 is 41.6 Å². The molecule has 2 atom stereocenters. The number of aliphatic imine (C=N–C) groups is 2. The maximum Gasteiger partial charge on any atom is 0.326 e. The highest BCUT2D eigenvalue weighted by Crippen LogP contribution is 2.38. The summed E-state index contributed by atoms with van der Waals surface area (Å²) in [6.45, 7) is 3.96. The minimum atomic E-state index is -1.69. The number of pyridine rings is 2. The Morgan fingerprint density at radius 1 is 0.676 bits per heavy atom. The summed E-state index contributed by atoms with van der Waals surface area (Å²) in [5, 5.41) is 34.8. The molecule has 0 radical (unpaired) electrons. The van der Waals surface area contributed by atoms with Gasteiger partial charge in [0, 0.05) is 103 Å². The SMILES string of the molecule is CN=Cc1cncc(COc2cc(OCc3cccc(-c4cccc(COc5cc(OCc6cncc(C7C=N7)c6)c(CNC(CO)(Cc6ccccc6)C(=O)O)cc5Cl)c4C)c3C)c(Cl)cc2CO)c1. The van der Waals surface area contributed by atoms with Crippen LogP contribution in [-0.4, -0.2) is 62.9 Å². The molecule has 0 amide bonds. The lowest BCUT2D eigenvalue weighted by Crippen LogP contribution is -2.56. The Bertz CT molecular complexity index is 3070. The van der Waals surface area contributed by atoms with E-state index < -0.39 is 18.1 Å². The standard InChI is InChI=1S/C56H53Cl2N5O8/c1-35-41(11-7-13-46(35)47-14-8-12-42(36(47)2)33-71-54-20-52(45(29-64)18-49(54)58)69-30-39-15-38(22-59-3)23-60-24-39)32-70-53-19-51(68-31-40-16-43(26-61-25-40)50-28-62-50)44(17-48(53)57)27-63-56(34-65,55(66)67)21-37-9-5-4-6-10-37/h4-20,22-26,28,50,63-65H,21,27,29-34H2,1-3H3,(H,66,67). The Hall–Kier alpha value is -7.13. The number of carboxylic acid groups (broad SMARTS) is 1. The fourth-order valence-electron chi connectivity index (χ4n) is 8.17. The lowest BCUT2D eigenvalue weighted by molar-refractivity contribution is -0.146. The number of nitrogens with zero attached hydrogens (tertiary/aromatic N) is 4. The molecule has 0 saturated heterocycles. The zero-order chi connectivity index (χ0) is 49.9. The van der Waals surface area contributed by atoms with Crippen LogP contribution in [0.3, 0.4) is 0 Å². The molecule has 15 heteroatoms. The second kappa shape index (κ2) is 23.2. The third kappa shape index (κ3) is 12.4. The smallest absolute Gasteiger partial charge is 0.326 e. The van der Waals surface area contributed by atoms with Gasteiger partial charge in [-0.1, -0.05) is 89.9 Å². The molecule has 71 heavy (non-hydrogen) atoms. The highest BCUT2D eigenvalue weighted by molar-refractivity contribution is 6.32. The normalized spacial score (nSPS) is 13.8.